The highest BCUT2D eigenvalue weighted by atomic mass is 16.6. The lowest BCUT2D eigenvalue weighted by atomic mass is 9.89. The van der Waals surface area contributed by atoms with Crippen molar-refractivity contribution in [2.45, 2.75) is 26.3 Å². The Morgan fingerprint density at radius 1 is 1.25 bits per heavy atom. The number of fused-ring (bicyclic) bond motifs is 1. The number of nitrogens with zero attached hydrogens (tertiary/aromatic N) is 3. The van der Waals surface area contributed by atoms with Crippen LogP contribution >= 0.6 is 0 Å². The number of carbonyl (C=O) groups is 1. The van der Waals surface area contributed by atoms with Crippen molar-refractivity contribution >= 4 is 29.1 Å². The van der Waals surface area contributed by atoms with E-state index in [-0.39, 0.29) is 16.8 Å². The number of non-ortho nitro benzene ring substituents is 1. The highest BCUT2D eigenvalue weighted by molar-refractivity contribution is 5.95. The first-order valence-electron chi connectivity index (χ1n) is 8.84. The Hall–Kier alpha value is -3.48. The molecule has 28 heavy (non-hydrogen) atoms. The third-order valence-electron chi connectivity index (χ3n) is 4.94. The molecule has 0 radical (unpaired) electrons. The van der Waals surface area contributed by atoms with Crippen LogP contribution in [0.3, 0.4) is 0 Å². The maximum atomic E-state index is 12.1. The van der Waals surface area contributed by atoms with Gasteiger partial charge >= 0.3 is 0 Å². The van der Waals surface area contributed by atoms with Crippen molar-refractivity contribution in [3.63, 3.8) is 0 Å². The van der Waals surface area contributed by atoms with Gasteiger partial charge in [-0.1, -0.05) is 18.2 Å². The zero-order valence-corrected chi connectivity index (χ0v) is 16.3. The van der Waals surface area contributed by atoms with Gasteiger partial charge in [-0.05, 0) is 50.1 Å². The SMILES string of the molecule is CC1=CC(C)(C)N(C)c2ccc(/C=N/NC(=O)c3cccc([N+](=O)[O-])c3)cc21. The number of allylic oxidation sites excluding steroid dienone is 1. The summed E-state index contributed by atoms with van der Waals surface area (Å²) >= 11 is 0. The van der Waals surface area contributed by atoms with Crippen molar-refractivity contribution < 1.29 is 9.72 Å². The number of benzene rings is 2. The van der Waals surface area contributed by atoms with Gasteiger partial charge in [-0.2, -0.15) is 5.10 Å². The molecule has 144 valence electrons. The third-order valence-corrected chi connectivity index (χ3v) is 4.94. The summed E-state index contributed by atoms with van der Waals surface area (Å²) in [6, 6.07) is 11.5. The molecule has 0 saturated carbocycles. The van der Waals surface area contributed by atoms with Crippen LogP contribution in [-0.4, -0.2) is 29.6 Å². The summed E-state index contributed by atoms with van der Waals surface area (Å²) in [4.78, 5) is 24.6. The topological polar surface area (TPSA) is 87.8 Å². The van der Waals surface area contributed by atoms with Crippen LogP contribution < -0.4 is 10.3 Å². The van der Waals surface area contributed by atoms with E-state index < -0.39 is 10.8 Å². The lowest BCUT2D eigenvalue weighted by Crippen LogP contribution is -2.42. The molecule has 0 aliphatic carbocycles. The highest BCUT2D eigenvalue weighted by Gasteiger charge is 2.28. The quantitative estimate of drug-likeness (QED) is 0.495. The average molecular weight is 378 g/mol. The number of anilines is 1. The second-order valence-corrected chi connectivity index (χ2v) is 7.32. The lowest BCUT2D eigenvalue weighted by molar-refractivity contribution is -0.384. The molecule has 0 unspecified atom stereocenters. The van der Waals surface area contributed by atoms with E-state index in [0.29, 0.717) is 0 Å². The molecule has 0 atom stereocenters. The Bertz CT molecular complexity index is 1010. The molecule has 1 heterocycles. The van der Waals surface area contributed by atoms with Gasteiger partial charge in [0.25, 0.3) is 11.6 Å². The average Bonchev–Trinajstić information content (AvgIpc) is 2.66. The number of hydrazone groups is 1. The Morgan fingerprint density at radius 3 is 2.71 bits per heavy atom. The van der Waals surface area contributed by atoms with Crippen LogP contribution in [0.15, 0.2) is 53.6 Å². The van der Waals surface area contributed by atoms with Gasteiger partial charge in [-0.25, -0.2) is 5.43 Å². The van der Waals surface area contributed by atoms with E-state index in [1.807, 2.05) is 18.2 Å². The molecule has 1 aliphatic rings. The number of carbonyl (C=O) groups excluding carboxylic acids is 1. The van der Waals surface area contributed by atoms with Gasteiger partial charge in [0.1, 0.15) is 0 Å². The summed E-state index contributed by atoms with van der Waals surface area (Å²) in [5, 5.41) is 14.8. The van der Waals surface area contributed by atoms with Crippen molar-refractivity contribution in [3.05, 3.63) is 75.3 Å². The van der Waals surface area contributed by atoms with Crippen LogP contribution in [0.4, 0.5) is 11.4 Å². The van der Waals surface area contributed by atoms with Crippen molar-refractivity contribution in [2.24, 2.45) is 5.10 Å². The van der Waals surface area contributed by atoms with Crippen LogP contribution in [0.25, 0.3) is 5.57 Å². The van der Waals surface area contributed by atoms with E-state index in [1.165, 1.54) is 29.8 Å². The molecule has 3 rings (SSSR count). The molecule has 1 amide bonds. The van der Waals surface area contributed by atoms with Crippen LogP contribution in [0.2, 0.25) is 0 Å². The molecular formula is C21H22N4O3. The molecular weight excluding hydrogens is 356 g/mol. The molecule has 0 fully saturated rings. The number of nitrogens with one attached hydrogen (secondary N) is 1. The fourth-order valence-electron chi connectivity index (χ4n) is 3.25. The van der Waals surface area contributed by atoms with Crippen molar-refractivity contribution in [1.29, 1.82) is 0 Å². The van der Waals surface area contributed by atoms with E-state index in [1.54, 1.807) is 6.21 Å². The summed E-state index contributed by atoms with van der Waals surface area (Å²) in [5.74, 6) is -0.504. The lowest BCUT2D eigenvalue weighted by Gasteiger charge is -2.40. The van der Waals surface area contributed by atoms with Gasteiger partial charge in [0.2, 0.25) is 0 Å². The summed E-state index contributed by atoms with van der Waals surface area (Å²) in [6.07, 6.45) is 3.78. The molecule has 0 spiro atoms. The molecule has 7 nitrogen and oxygen atoms in total. The van der Waals surface area contributed by atoms with E-state index >= 15 is 0 Å². The Labute approximate surface area is 163 Å². The summed E-state index contributed by atoms with van der Waals surface area (Å²) in [6.45, 7) is 6.41. The van der Waals surface area contributed by atoms with Crippen LogP contribution in [0.5, 0.6) is 0 Å². The second kappa shape index (κ2) is 7.26. The second-order valence-electron chi connectivity index (χ2n) is 7.32. The monoisotopic (exact) mass is 378 g/mol. The number of nitro benzene ring substituents is 1. The minimum absolute atomic E-state index is 0.0566. The molecule has 0 bridgehead atoms. The molecule has 1 N–H and O–H groups in total. The number of likely N-dealkylation sites (N-methyl/N-ethyl adjacent to an activating group) is 1. The van der Waals surface area contributed by atoms with Gasteiger partial charge in [-0.3, -0.25) is 14.9 Å². The minimum Gasteiger partial charge on any atom is -0.366 e. The van der Waals surface area contributed by atoms with Gasteiger partial charge in [0.05, 0.1) is 16.7 Å². The van der Waals surface area contributed by atoms with Crippen LogP contribution in [0, 0.1) is 10.1 Å². The fourth-order valence-corrected chi connectivity index (χ4v) is 3.25. The van der Waals surface area contributed by atoms with Crippen LogP contribution in [-0.2, 0) is 0 Å². The summed E-state index contributed by atoms with van der Waals surface area (Å²) in [5.41, 5.74) is 6.69. The molecule has 7 heteroatoms. The zero-order valence-electron chi connectivity index (χ0n) is 16.3. The van der Waals surface area contributed by atoms with Gasteiger partial charge in [0, 0.05) is 36.0 Å². The largest absolute Gasteiger partial charge is 0.366 e. The van der Waals surface area contributed by atoms with Gasteiger partial charge < -0.3 is 4.90 Å². The Balaban J connectivity index is 1.76. The Morgan fingerprint density at radius 2 is 2.00 bits per heavy atom. The van der Waals surface area contributed by atoms with E-state index in [4.69, 9.17) is 0 Å². The molecule has 2 aromatic rings. The fraction of sp³-hybridized carbons (Fsp3) is 0.238. The summed E-state index contributed by atoms with van der Waals surface area (Å²) < 4.78 is 0. The van der Waals surface area contributed by atoms with Crippen molar-refractivity contribution in [3.8, 4) is 0 Å². The van der Waals surface area contributed by atoms with Gasteiger partial charge in [-0.15, -0.1) is 0 Å². The minimum atomic E-state index is -0.540. The standard InChI is InChI=1S/C21H22N4O3/c1-14-12-21(2,3)24(4)19-9-8-15(10-18(14)19)13-22-23-20(26)16-6-5-7-17(11-16)25(27)28/h5-13H,1-4H3,(H,23,26)/b22-13+. The third kappa shape index (κ3) is 3.78. The van der Waals surface area contributed by atoms with E-state index in [2.05, 4.69) is 49.3 Å². The molecule has 1 aliphatic heterocycles. The zero-order chi connectivity index (χ0) is 20.5. The summed E-state index contributed by atoms with van der Waals surface area (Å²) in [7, 11) is 2.06. The normalized spacial score (nSPS) is 15.1. The highest BCUT2D eigenvalue weighted by Crippen LogP contribution is 2.37. The van der Waals surface area contributed by atoms with E-state index in [0.717, 1.165) is 16.8 Å². The number of hydrogen-bond acceptors (Lipinski definition) is 5. The number of nitro groups is 1. The van der Waals surface area contributed by atoms with Crippen molar-refractivity contribution in [2.75, 3.05) is 11.9 Å². The number of hydrogen-bond donors (Lipinski definition) is 1. The molecule has 2 aromatic carbocycles. The van der Waals surface area contributed by atoms with E-state index in [9.17, 15) is 14.9 Å². The smallest absolute Gasteiger partial charge is 0.271 e. The van der Waals surface area contributed by atoms with Crippen LogP contribution in [0.1, 0.15) is 42.3 Å². The predicted molar refractivity (Wildman–Crippen MR) is 111 cm³/mol. The first-order valence-corrected chi connectivity index (χ1v) is 8.84. The molecule has 0 aromatic heterocycles. The number of amides is 1. The predicted octanol–water partition coefficient (Wildman–Crippen LogP) is 3.99. The number of rotatable bonds is 4. The van der Waals surface area contributed by atoms with Gasteiger partial charge in [0.15, 0.2) is 0 Å². The maximum absolute atomic E-state index is 12.1. The Kier molecular flexibility index (Phi) is 5.00. The first kappa shape index (κ1) is 19.3. The maximum Gasteiger partial charge on any atom is 0.271 e. The molecule has 0 saturated heterocycles. The first-order chi connectivity index (χ1) is 13.2. The van der Waals surface area contributed by atoms with Crippen molar-refractivity contribution in [1.82, 2.24) is 5.43 Å².